The Hall–Kier alpha value is -3.58. The molecule has 7 nitrogen and oxygen atoms in total. The Balaban J connectivity index is 1.49. The number of carbonyl (C=O) groups is 1. The van der Waals surface area contributed by atoms with E-state index in [1.807, 2.05) is 25.1 Å². The second-order valence-electron chi connectivity index (χ2n) is 7.97. The van der Waals surface area contributed by atoms with Crippen molar-refractivity contribution < 1.29 is 9.90 Å². The Morgan fingerprint density at radius 1 is 1.23 bits per heavy atom. The van der Waals surface area contributed by atoms with E-state index in [0.29, 0.717) is 6.54 Å². The number of fused-ring (bicyclic) bond motifs is 3. The highest BCUT2D eigenvalue weighted by Crippen LogP contribution is 2.34. The first-order chi connectivity index (χ1) is 14.4. The van der Waals surface area contributed by atoms with E-state index < -0.39 is 11.8 Å². The molecule has 1 aromatic heterocycles. The van der Waals surface area contributed by atoms with E-state index in [0.717, 1.165) is 35.3 Å². The molecule has 152 valence electrons. The average Bonchev–Trinajstić information content (AvgIpc) is 3.11. The number of rotatable bonds is 3. The summed E-state index contributed by atoms with van der Waals surface area (Å²) in [7, 11) is 0. The molecule has 5 rings (SSSR count). The van der Waals surface area contributed by atoms with Gasteiger partial charge in [0.05, 0.1) is 5.57 Å². The molecule has 30 heavy (non-hydrogen) atoms. The number of hydrogen-bond donors (Lipinski definition) is 4. The Morgan fingerprint density at radius 2 is 2.07 bits per heavy atom. The van der Waals surface area contributed by atoms with Crippen molar-refractivity contribution >= 4 is 28.8 Å². The van der Waals surface area contributed by atoms with Gasteiger partial charge >= 0.3 is 5.97 Å². The van der Waals surface area contributed by atoms with Crippen molar-refractivity contribution in [2.24, 2.45) is 4.99 Å². The summed E-state index contributed by atoms with van der Waals surface area (Å²) >= 11 is 0. The molecule has 0 radical (unpaired) electrons. The fourth-order valence-corrected chi connectivity index (χ4v) is 4.26. The van der Waals surface area contributed by atoms with Gasteiger partial charge in [0.2, 0.25) is 0 Å². The van der Waals surface area contributed by atoms with Crippen molar-refractivity contribution in [3.8, 4) is 11.1 Å². The summed E-state index contributed by atoms with van der Waals surface area (Å²) in [6.45, 7) is 3.50. The molecule has 0 saturated carbocycles. The predicted molar refractivity (Wildman–Crippen MR) is 118 cm³/mol. The first-order valence-corrected chi connectivity index (χ1v) is 9.94. The molecule has 3 heterocycles. The Labute approximate surface area is 173 Å². The molecule has 3 aromatic rings. The van der Waals surface area contributed by atoms with Crippen LogP contribution in [0.3, 0.4) is 0 Å². The molecular weight excluding hydrogens is 378 g/mol. The minimum atomic E-state index is -0.986. The smallest absolute Gasteiger partial charge is 0.338 e. The van der Waals surface area contributed by atoms with Gasteiger partial charge in [-0.1, -0.05) is 18.2 Å². The fraction of sp³-hybridized carbons (Fsp3) is 0.217. The number of anilines is 1. The lowest BCUT2D eigenvalue weighted by Gasteiger charge is -2.41. The van der Waals surface area contributed by atoms with Crippen molar-refractivity contribution in [2.45, 2.75) is 25.7 Å². The lowest BCUT2D eigenvalue weighted by molar-refractivity contribution is -0.132. The largest absolute Gasteiger partial charge is 0.478 e. The molecule has 0 saturated heterocycles. The molecule has 0 aliphatic carbocycles. The first kappa shape index (κ1) is 18.4. The zero-order chi connectivity index (χ0) is 20.9. The van der Waals surface area contributed by atoms with Crippen LogP contribution in [0.15, 0.2) is 59.2 Å². The third-order valence-electron chi connectivity index (χ3n) is 6.01. The molecule has 1 atom stereocenters. The van der Waals surface area contributed by atoms with Gasteiger partial charge in [-0.25, -0.2) is 9.79 Å². The van der Waals surface area contributed by atoms with Crippen molar-refractivity contribution in [1.29, 1.82) is 0 Å². The summed E-state index contributed by atoms with van der Waals surface area (Å²) in [5.41, 5.74) is 12.7. The van der Waals surface area contributed by atoms with Crippen LogP contribution in [0, 0.1) is 0 Å². The van der Waals surface area contributed by atoms with E-state index >= 15 is 0 Å². The number of nitrogens with two attached hydrogens (primary N) is 1. The number of nitrogen functional groups attached to an aromatic ring is 1. The summed E-state index contributed by atoms with van der Waals surface area (Å²) in [5.74, 6) is -1.66. The standard InChI is InChI=1S/C23H23N5O2/c1-23(25-11-16(12-26-23)22(29)30)28-8-7-21-19(13-28)18-10-15(5-6-20(18)27-21)14-3-2-4-17(24)9-14/h2-6,9-12,25,27H,7-8,13,24H2,1H3,(H,29,30). The molecule has 5 N–H and O–H groups in total. The summed E-state index contributed by atoms with van der Waals surface area (Å²) in [6, 6.07) is 14.4. The number of nitrogens with zero attached hydrogens (tertiary/aromatic N) is 2. The third kappa shape index (κ3) is 3.04. The van der Waals surface area contributed by atoms with E-state index in [-0.39, 0.29) is 5.57 Å². The third-order valence-corrected chi connectivity index (χ3v) is 6.01. The molecule has 7 heteroatoms. The number of aromatic amines is 1. The van der Waals surface area contributed by atoms with E-state index in [1.165, 1.54) is 29.1 Å². The van der Waals surface area contributed by atoms with E-state index in [9.17, 15) is 4.79 Å². The van der Waals surface area contributed by atoms with Gasteiger partial charge < -0.3 is 21.1 Å². The monoisotopic (exact) mass is 401 g/mol. The molecular formula is C23H23N5O2. The number of aliphatic imine (C=N–C) groups is 1. The molecule has 2 aromatic carbocycles. The fourth-order valence-electron chi connectivity index (χ4n) is 4.26. The minimum absolute atomic E-state index is 0.157. The Morgan fingerprint density at radius 3 is 2.80 bits per heavy atom. The van der Waals surface area contributed by atoms with Crippen LogP contribution in [-0.4, -0.2) is 39.5 Å². The molecule has 0 spiro atoms. The van der Waals surface area contributed by atoms with Crippen molar-refractivity contribution in [2.75, 3.05) is 12.3 Å². The number of nitrogens with one attached hydrogen (secondary N) is 2. The van der Waals surface area contributed by atoms with Crippen molar-refractivity contribution in [3.63, 3.8) is 0 Å². The van der Waals surface area contributed by atoms with E-state index in [4.69, 9.17) is 10.8 Å². The molecule has 0 amide bonds. The number of H-pyrrole nitrogens is 1. The van der Waals surface area contributed by atoms with Gasteiger partial charge in [0.25, 0.3) is 0 Å². The topological polar surface area (TPSA) is 107 Å². The highest BCUT2D eigenvalue weighted by atomic mass is 16.4. The number of carboxylic acids is 1. The van der Waals surface area contributed by atoms with Crippen LogP contribution in [0.4, 0.5) is 5.69 Å². The number of benzene rings is 2. The highest BCUT2D eigenvalue weighted by Gasteiger charge is 2.35. The molecule has 2 aliphatic heterocycles. The zero-order valence-corrected chi connectivity index (χ0v) is 16.6. The van der Waals surface area contributed by atoms with E-state index in [2.05, 4.69) is 44.5 Å². The number of aliphatic carboxylic acids is 1. The van der Waals surface area contributed by atoms with Gasteiger partial charge in [0.15, 0.2) is 5.79 Å². The van der Waals surface area contributed by atoms with Gasteiger partial charge in [-0.2, -0.15) is 0 Å². The predicted octanol–water partition coefficient (Wildman–Crippen LogP) is 3.09. The van der Waals surface area contributed by atoms with Gasteiger partial charge in [-0.3, -0.25) is 4.90 Å². The molecule has 0 fully saturated rings. The number of hydrogen-bond acceptors (Lipinski definition) is 5. The summed E-state index contributed by atoms with van der Waals surface area (Å²) in [4.78, 5) is 21.5. The maximum Gasteiger partial charge on any atom is 0.338 e. The Bertz CT molecular complexity index is 1230. The normalized spacial score (nSPS) is 21.2. The van der Waals surface area contributed by atoms with Gasteiger partial charge in [-0.05, 0) is 47.9 Å². The average molecular weight is 401 g/mol. The van der Waals surface area contributed by atoms with Crippen molar-refractivity contribution in [3.05, 3.63) is 65.5 Å². The zero-order valence-electron chi connectivity index (χ0n) is 16.6. The second kappa shape index (κ2) is 6.74. The lowest BCUT2D eigenvalue weighted by atomic mass is 9.99. The van der Waals surface area contributed by atoms with Crippen molar-refractivity contribution in [1.82, 2.24) is 15.2 Å². The SMILES string of the molecule is CC1(N2CCc3[nH]c4ccc(-c5cccc(N)c5)cc4c3C2)N=CC(C(=O)O)=CN1. The summed E-state index contributed by atoms with van der Waals surface area (Å²) < 4.78 is 0. The van der Waals surface area contributed by atoms with Crippen LogP contribution in [-0.2, 0) is 17.8 Å². The van der Waals surface area contributed by atoms with E-state index in [1.54, 1.807) is 0 Å². The first-order valence-electron chi connectivity index (χ1n) is 9.94. The van der Waals surface area contributed by atoms with Crippen LogP contribution in [0.5, 0.6) is 0 Å². The van der Waals surface area contributed by atoms with Gasteiger partial charge in [-0.15, -0.1) is 0 Å². The summed E-state index contributed by atoms with van der Waals surface area (Å²) in [6.07, 6.45) is 3.83. The van der Waals surface area contributed by atoms with Crippen LogP contribution in [0.25, 0.3) is 22.0 Å². The molecule has 1 unspecified atom stereocenters. The summed E-state index contributed by atoms with van der Waals surface area (Å²) in [5, 5.41) is 13.5. The lowest BCUT2D eigenvalue weighted by Crippen LogP contribution is -2.56. The van der Waals surface area contributed by atoms with Gasteiger partial charge in [0, 0.05) is 54.2 Å². The second-order valence-corrected chi connectivity index (χ2v) is 7.97. The Kier molecular flexibility index (Phi) is 4.15. The van der Waals surface area contributed by atoms with Crippen LogP contribution in [0.1, 0.15) is 18.2 Å². The quantitative estimate of drug-likeness (QED) is 0.505. The van der Waals surface area contributed by atoms with Gasteiger partial charge in [0.1, 0.15) is 0 Å². The van der Waals surface area contributed by atoms with Crippen LogP contribution < -0.4 is 11.1 Å². The van der Waals surface area contributed by atoms with Crippen LogP contribution >= 0.6 is 0 Å². The number of aromatic nitrogens is 1. The maximum absolute atomic E-state index is 11.2. The maximum atomic E-state index is 11.2. The minimum Gasteiger partial charge on any atom is -0.478 e. The van der Waals surface area contributed by atoms with Crippen LogP contribution in [0.2, 0.25) is 0 Å². The molecule has 2 aliphatic rings. The number of carboxylic acid groups (broad SMARTS) is 1. The molecule has 0 bridgehead atoms. The highest BCUT2D eigenvalue weighted by molar-refractivity contribution is 6.08.